The number of alkyl halides is 6. The van der Waals surface area contributed by atoms with Crippen LogP contribution in [0.5, 0.6) is 0 Å². The molecular weight excluding hydrogens is 1640 g/mol. The van der Waals surface area contributed by atoms with E-state index in [1.54, 1.807) is 32.7 Å². The van der Waals surface area contributed by atoms with Crippen LogP contribution in [-0.2, 0) is 39.9 Å². The average Bonchev–Trinajstić information content (AvgIpc) is 1.68. The van der Waals surface area contributed by atoms with E-state index < -0.39 is 14.6 Å². The largest absolute Gasteiger partial charge is 0.737 e. The first-order valence-corrected chi connectivity index (χ1v) is 42.7. The van der Waals surface area contributed by atoms with E-state index in [-0.39, 0.29) is 40.2 Å². The van der Waals surface area contributed by atoms with Gasteiger partial charge in [-0.1, -0.05) is 307 Å². The minimum atomic E-state index is -3.85. The molecule has 7 aromatic carbocycles. The minimum Gasteiger partial charge on any atom is -0.393 e. The van der Waals surface area contributed by atoms with Crippen molar-refractivity contribution in [3.63, 3.8) is 0 Å². The first-order valence-electron chi connectivity index (χ1n) is 37.1. The second-order valence-electron chi connectivity index (χ2n) is 27.7. The molecule has 0 unspecified atom stereocenters. The number of halogens is 8. The maximum atomic E-state index is 15.5. The molecule has 6 aliphatic rings. The molecule has 0 radical (unpaired) electrons. The Hall–Kier alpha value is -8.90. The number of fused-ring (bicyclic) bond motifs is 4. The normalized spacial score (nSPS) is 17.4. The van der Waals surface area contributed by atoms with Gasteiger partial charge in [0, 0.05) is 92.9 Å². The van der Waals surface area contributed by atoms with E-state index in [9.17, 15) is 19.2 Å². The Morgan fingerprint density at radius 2 is 0.895 bits per heavy atom. The Labute approximate surface area is 705 Å². The summed E-state index contributed by atoms with van der Waals surface area (Å²) in [6.07, 6.45) is 2.69. The van der Waals surface area contributed by atoms with Crippen LogP contribution in [0.15, 0.2) is 221 Å². The third kappa shape index (κ3) is 15.5. The molecule has 2 N–H and O–H groups in total. The van der Waals surface area contributed by atoms with E-state index >= 15 is 8.63 Å². The Balaban J connectivity index is 0.000000129. The molecule has 11 aromatic rings. The van der Waals surface area contributed by atoms with Gasteiger partial charge in [0.2, 0.25) is 7.59 Å². The molecule has 4 aromatic heterocycles. The van der Waals surface area contributed by atoms with Crippen LogP contribution in [0.25, 0.3) is 59.4 Å². The molecule has 0 saturated carbocycles. The van der Waals surface area contributed by atoms with E-state index in [0.717, 1.165) is 143 Å². The number of nitrogens with one attached hydrogen (secondary N) is 2. The van der Waals surface area contributed by atoms with Crippen LogP contribution in [0, 0.1) is 20.8 Å². The number of ketones is 2. The van der Waals surface area contributed by atoms with Crippen LogP contribution in [0.2, 0.25) is 0 Å². The van der Waals surface area contributed by atoms with E-state index in [4.69, 9.17) is 69.6 Å². The standard InChI is InChI=1S/2C29H22N2O2S2.C18H25BF2N2.C12H7Cl6N3/c2*1-2-31-28(33)26(35-29(31)22-17-20-15-9-10-16-21(20)24(22)32)27-30-23(18-11-5-3-6-12-18)25(34-27)19-13-7-4-8-14-19;1-8-15-10(3)17-12(5)18-11(4)16(9-2)14(7)23(18)19(20,21)22(17)13(15)6;1-6-2-4-7(5-3-6)8-19-9(11(13,14)15)21-10(20-8)12(16,17)18/h2*3-16,30H,2,17H2,1H3;8-9H2,1-7H3;2-5H,1H3/b2*27-26+,29-22-;;. The number of rotatable bonds is 9. The maximum absolute atomic E-state index is 15.5. The monoisotopic (exact) mass is 1710 g/mol. The summed E-state index contributed by atoms with van der Waals surface area (Å²) in [7, 11) is 0. The quantitative estimate of drug-likeness (QED) is 0.105. The van der Waals surface area contributed by atoms with Gasteiger partial charge in [0.25, 0.3) is 11.1 Å². The molecule has 13 nitrogen and oxygen atoms in total. The van der Waals surface area contributed by atoms with Crippen molar-refractivity contribution in [1.82, 2.24) is 39.2 Å². The number of hydrogen-bond donors (Lipinski definition) is 2. The molecule has 0 bridgehead atoms. The summed E-state index contributed by atoms with van der Waals surface area (Å²) in [6.45, 7) is 16.7. The fraction of sp³-hybridized carbons (Fsp3) is 0.205. The van der Waals surface area contributed by atoms with Gasteiger partial charge in [-0.15, -0.1) is 22.7 Å². The van der Waals surface area contributed by atoms with Gasteiger partial charge in [0.1, 0.15) is 34.2 Å². The van der Waals surface area contributed by atoms with Crippen molar-refractivity contribution in [1.29, 1.82) is 0 Å². The van der Waals surface area contributed by atoms with Gasteiger partial charge in [-0.25, -0.2) is 15.0 Å². The summed E-state index contributed by atoms with van der Waals surface area (Å²) in [6, 6.07) is 63.7. The Morgan fingerprint density at radius 3 is 1.28 bits per heavy atom. The van der Waals surface area contributed by atoms with Gasteiger partial charge in [-0.3, -0.25) is 28.3 Å². The summed E-state index contributed by atoms with van der Waals surface area (Å²) < 4.78 is 36.2. The first-order chi connectivity index (χ1) is 54.6. The van der Waals surface area contributed by atoms with Gasteiger partial charge in [0.05, 0.1) is 11.4 Å². The van der Waals surface area contributed by atoms with Crippen LogP contribution >= 0.6 is 116 Å². The van der Waals surface area contributed by atoms with Crippen molar-refractivity contribution in [3.05, 3.63) is 334 Å². The Bertz CT molecular complexity index is 5930. The van der Waals surface area contributed by atoms with Crippen LogP contribution in [-0.4, -0.2) is 57.3 Å². The lowest BCUT2D eigenvalue weighted by Gasteiger charge is -2.33. The molecule has 0 fully saturated rings. The summed E-state index contributed by atoms with van der Waals surface area (Å²) in [5, 5.41) is 8.75. The molecule has 4 aliphatic heterocycles. The molecule has 0 amide bonds. The highest BCUT2D eigenvalue weighted by Gasteiger charge is 2.56. The highest BCUT2D eigenvalue weighted by atomic mass is 35.6. The molecule has 0 saturated heterocycles. The topological polar surface area (TPSA) is 149 Å². The number of nitrogens with zero attached hydrogens (tertiary/aromatic N) is 7. The fourth-order valence-corrected chi connectivity index (χ4v) is 20.9. The highest BCUT2D eigenvalue weighted by Crippen LogP contribution is 2.48. The number of thiazole rings is 2. The number of carbonyl (C=O) groups excluding carboxylic acids is 2. The number of thioether (sulfide) groups is 2. The van der Waals surface area contributed by atoms with Crippen LogP contribution in [0.1, 0.15) is 149 Å². The van der Waals surface area contributed by atoms with E-state index in [1.165, 1.54) is 31.6 Å². The van der Waals surface area contributed by atoms with Gasteiger partial charge in [0.15, 0.2) is 34.7 Å². The van der Waals surface area contributed by atoms with Crippen molar-refractivity contribution in [3.8, 4) is 11.4 Å². The zero-order chi connectivity index (χ0) is 81.0. The zero-order valence-corrected chi connectivity index (χ0v) is 71.5. The molecule has 0 spiro atoms. The van der Waals surface area contributed by atoms with Gasteiger partial charge in [-0.05, 0) is 112 Å². The lowest BCUT2D eigenvalue weighted by Crippen LogP contribution is -2.51. The van der Waals surface area contributed by atoms with E-state index in [1.807, 2.05) is 215 Å². The summed E-state index contributed by atoms with van der Waals surface area (Å²) in [5.74, 6) is 0.0906. The third-order valence-electron chi connectivity index (χ3n) is 20.9. The summed E-state index contributed by atoms with van der Waals surface area (Å²) >= 11 is 40.9. The van der Waals surface area contributed by atoms with Crippen molar-refractivity contribution in [2.24, 2.45) is 0 Å². The molecule has 0 atom stereocenters. The van der Waals surface area contributed by atoms with Crippen LogP contribution in [0.4, 0.5) is 8.63 Å². The van der Waals surface area contributed by atoms with Crippen LogP contribution < -0.4 is 40.1 Å². The zero-order valence-electron chi connectivity index (χ0n) is 63.7. The second kappa shape index (κ2) is 33.4. The minimum absolute atomic E-state index is 0.0284. The van der Waals surface area contributed by atoms with Crippen molar-refractivity contribution >= 4 is 188 Å². The molecular formula is C88H76BCl6F2N9O4S4. The number of hydrogen-bond acceptors (Lipinski definition) is 13. The highest BCUT2D eigenvalue weighted by molar-refractivity contribution is 8.17. The second-order valence-corrected chi connectivity index (χ2v) is 36.3. The first kappa shape index (κ1) is 81.7. The predicted molar refractivity (Wildman–Crippen MR) is 472 cm³/mol. The molecule has 26 heteroatoms. The van der Waals surface area contributed by atoms with E-state index in [2.05, 4.69) is 74.1 Å². The number of Topliss-reactive ketones (excluding diaryl/α,β-unsaturated/α-hetero) is 2. The fourth-order valence-electron chi connectivity index (χ4n) is 15.5. The predicted octanol–water partition coefficient (Wildman–Crippen LogP) is 19.2. The van der Waals surface area contributed by atoms with Gasteiger partial charge < -0.3 is 28.2 Å². The lowest BCUT2D eigenvalue weighted by molar-refractivity contribution is -0.363. The number of aromatic nitrogens is 6. The Morgan fingerprint density at radius 1 is 0.491 bits per heavy atom. The SMILES string of the molecule is CCC1=C(C)C2=C(C)c3c(C)c(CC)c(C)n3[B-](F)(F)[N+]2=C1C.CCn1c(=O)/c(=C2/NC(c3ccccc3)=C(c3ccccc3)S2)s/c1=C1/Cc2ccccc2C1=O.CCn1c(=O)/c(=C2/NC(c3ccccc3)=C(c3ccccc3)S2)s/c1=C1/Cc2ccccc2C1=O.Cc1ccc(-c2nc(C(Cl)(Cl)Cl)nc(C(Cl)(Cl)Cl)n2)cc1. The number of benzene rings is 7. The Kier molecular flexibility index (Phi) is 23.9. The van der Waals surface area contributed by atoms with Crippen molar-refractivity contribution < 1.29 is 22.7 Å². The molecule has 8 heterocycles. The van der Waals surface area contributed by atoms with Crippen molar-refractivity contribution in [2.45, 2.75) is 116 Å². The summed E-state index contributed by atoms with van der Waals surface area (Å²) in [4.78, 5) is 67.9. The van der Waals surface area contributed by atoms with E-state index in [0.29, 0.717) is 63.1 Å². The number of carbonyl (C=O) groups is 2. The molecule has 580 valence electrons. The number of allylic oxidation sites excluding steroid dienone is 3. The van der Waals surface area contributed by atoms with Crippen LogP contribution in [0.3, 0.4) is 0 Å². The van der Waals surface area contributed by atoms with Gasteiger partial charge in [-0.2, -0.15) is 0 Å². The number of aryl methyl sites for hydroxylation is 1. The van der Waals surface area contributed by atoms with Gasteiger partial charge >= 0.3 is 6.97 Å². The lowest BCUT2D eigenvalue weighted by atomic mass is 9.86. The molecule has 114 heavy (non-hydrogen) atoms. The molecule has 2 aliphatic carbocycles. The average molecular weight is 1710 g/mol. The smallest absolute Gasteiger partial charge is 0.393 e. The summed E-state index contributed by atoms with van der Waals surface area (Å²) in [5.41, 5.74) is 20.9. The molecule has 17 rings (SSSR count). The maximum Gasteiger partial charge on any atom is 0.737 e. The van der Waals surface area contributed by atoms with Crippen molar-refractivity contribution in [2.75, 3.05) is 0 Å². The third-order valence-corrected chi connectivity index (χ3v) is 26.9.